The lowest BCUT2D eigenvalue weighted by molar-refractivity contribution is -0.0303. The van der Waals surface area contributed by atoms with Crippen LogP contribution in [0.25, 0.3) is 0 Å². The largest absolute Gasteiger partial charge is 0.295 e. The summed E-state index contributed by atoms with van der Waals surface area (Å²) in [6.45, 7) is 20.6. The van der Waals surface area contributed by atoms with Crippen molar-refractivity contribution < 1.29 is 0 Å². The fraction of sp³-hybridized carbons (Fsp3) is 1.00. The standard InChI is InChI=1S/C20H38N4/c1-19(2,3)22-11-15-7-8-16(12-22)23(15)14-21-10-18-9-17(21)13-24(18)20(4,5)6/h15-18H,7-14H2,1-6H3/t15?,16?,17-,18-/m1/s1. The third-order valence-electron chi connectivity index (χ3n) is 7.14. The van der Waals surface area contributed by atoms with Crippen molar-refractivity contribution in [2.45, 2.75) is 96.1 Å². The molecule has 4 aliphatic rings. The predicted molar refractivity (Wildman–Crippen MR) is 100 cm³/mol. The molecule has 4 bridgehead atoms. The van der Waals surface area contributed by atoms with Gasteiger partial charge in [-0.05, 0) is 60.8 Å². The smallest absolute Gasteiger partial charge is 0.0516 e. The van der Waals surface area contributed by atoms with Gasteiger partial charge < -0.3 is 0 Å². The van der Waals surface area contributed by atoms with Gasteiger partial charge in [0.2, 0.25) is 0 Å². The molecule has 4 saturated heterocycles. The van der Waals surface area contributed by atoms with Crippen LogP contribution in [-0.4, -0.2) is 87.7 Å². The fourth-order valence-corrected chi connectivity index (χ4v) is 5.72. The van der Waals surface area contributed by atoms with Crippen LogP contribution < -0.4 is 0 Å². The van der Waals surface area contributed by atoms with Crippen molar-refractivity contribution in [3.63, 3.8) is 0 Å². The molecule has 4 aliphatic heterocycles. The molecule has 0 spiro atoms. The topological polar surface area (TPSA) is 13.0 Å². The van der Waals surface area contributed by atoms with Crippen molar-refractivity contribution in [2.75, 3.05) is 32.8 Å². The Morgan fingerprint density at radius 2 is 1.33 bits per heavy atom. The summed E-state index contributed by atoms with van der Waals surface area (Å²) in [6.07, 6.45) is 4.22. The molecule has 2 unspecified atom stereocenters. The van der Waals surface area contributed by atoms with E-state index in [1.54, 1.807) is 0 Å². The van der Waals surface area contributed by atoms with Crippen molar-refractivity contribution >= 4 is 0 Å². The van der Waals surface area contributed by atoms with Gasteiger partial charge in [0.15, 0.2) is 0 Å². The maximum atomic E-state index is 2.87. The second kappa shape index (κ2) is 5.67. The Hall–Kier alpha value is -0.160. The van der Waals surface area contributed by atoms with Crippen LogP contribution in [0.5, 0.6) is 0 Å². The molecule has 4 heterocycles. The van der Waals surface area contributed by atoms with Gasteiger partial charge in [0, 0.05) is 61.4 Å². The van der Waals surface area contributed by atoms with Crippen LogP contribution in [0.15, 0.2) is 0 Å². The Labute approximate surface area is 149 Å². The maximum Gasteiger partial charge on any atom is 0.0516 e. The van der Waals surface area contributed by atoms with E-state index in [9.17, 15) is 0 Å². The summed E-state index contributed by atoms with van der Waals surface area (Å²) < 4.78 is 0. The fourth-order valence-electron chi connectivity index (χ4n) is 5.72. The van der Waals surface area contributed by atoms with Gasteiger partial charge in [-0.15, -0.1) is 0 Å². The zero-order valence-electron chi connectivity index (χ0n) is 16.8. The molecule has 24 heavy (non-hydrogen) atoms. The molecule has 0 aromatic heterocycles. The van der Waals surface area contributed by atoms with E-state index in [-0.39, 0.29) is 0 Å². The molecule has 4 fully saturated rings. The minimum absolute atomic E-state index is 0.326. The van der Waals surface area contributed by atoms with Crippen molar-refractivity contribution in [1.29, 1.82) is 0 Å². The van der Waals surface area contributed by atoms with Crippen molar-refractivity contribution in [2.24, 2.45) is 0 Å². The van der Waals surface area contributed by atoms with Crippen LogP contribution >= 0.6 is 0 Å². The number of nitrogens with zero attached hydrogens (tertiary/aromatic N) is 4. The van der Waals surface area contributed by atoms with E-state index in [4.69, 9.17) is 0 Å². The van der Waals surface area contributed by atoms with E-state index in [2.05, 4.69) is 61.1 Å². The Balaban J connectivity index is 1.37. The van der Waals surface area contributed by atoms with Crippen molar-refractivity contribution in [3.8, 4) is 0 Å². The molecule has 0 aromatic carbocycles. The number of likely N-dealkylation sites (tertiary alicyclic amines) is 3. The van der Waals surface area contributed by atoms with Gasteiger partial charge >= 0.3 is 0 Å². The normalized spacial score (nSPS) is 39.2. The molecule has 138 valence electrons. The number of hydrogen-bond acceptors (Lipinski definition) is 4. The summed E-state index contributed by atoms with van der Waals surface area (Å²) in [5.41, 5.74) is 0.662. The Kier molecular flexibility index (Phi) is 4.08. The molecule has 0 aromatic rings. The Morgan fingerprint density at radius 1 is 0.708 bits per heavy atom. The first-order chi connectivity index (χ1) is 11.1. The summed E-state index contributed by atoms with van der Waals surface area (Å²) in [6, 6.07) is 3.18. The molecule has 4 nitrogen and oxygen atoms in total. The predicted octanol–water partition coefficient (Wildman–Crippen LogP) is 2.45. The minimum Gasteiger partial charge on any atom is -0.295 e. The SMILES string of the molecule is CC(C)(C)N1CC2CCC(C1)N2CN1C[C@H]2C[C@@H]1CN2C(C)(C)C. The number of fused-ring (bicyclic) bond motifs is 4. The first-order valence-corrected chi connectivity index (χ1v) is 10.1. The maximum absolute atomic E-state index is 2.87. The second-order valence-electron chi connectivity index (χ2n) is 10.8. The molecular formula is C20H38N4. The van der Waals surface area contributed by atoms with Gasteiger partial charge in [-0.1, -0.05) is 0 Å². The lowest BCUT2D eigenvalue weighted by Gasteiger charge is -2.49. The molecule has 0 radical (unpaired) electrons. The van der Waals surface area contributed by atoms with E-state index in [1.165, 1.54) is 52.1 Å². The zero-order valence-corrected chi connectivity index (χ0v) is 16.8. The molecule has 0 aliphatic carbocycles. The molecule has 0 saturated carbocycles. The van der Waals surface area contributed by atoms with Crippen molar-refractivity contribution in [3.05, 3.63) is 0 Å². The van der Waals surface area contributed by atoms with Crippen LogP contribution in [0.2, 0.25) is 0 Å². The van der Waals surface area contributed by atoms with E-state index < -0.39 is 0 Å². The molecule has 4 heteroatoms. The lowest BCUT2D eigenvalue weighted by atomic mass is 10.0. The monoisotopic (exact) mass is 334 g/mol. The van der Waals surface area contributed by atoms with Crippen LogP contribution in [0.1, 0.15) is 60.8 Å². The summed E-state index contributed by atoms with van der Waals surface area (Å²) >= 11 is 0. The van der Waals surface area contributed by atoms with E-state index in [0.29, 0.717) is 11.1 Å². The molecular weight excluding hydrogens is 296 g/mol. The summed E-state index contributed by atoms with van der Waals surface area (Å²) in [5, 5.41) is 0. The minimum atomic E-state index is 0.326. The Bertz CT molecular complexity index is 463. The van der Waals surface area contributed by atoms with Gasteiger partial charge in [0.1, 0.15) is 0 Å². The van der Waals surface area contributed by atoms with Gasteiger partial charge in [0.05, 0.1) is 6.67 Å². The average Bonchev–Trinajstić information content (AvgIpc) is 3.09. The van der Waals surface area contributed by atoms with Crippen LogP contribution in [0, 0.1) is 0 Å². The highest BCUT2D eigenvalue weighted by molar-refractivity contribution is 5.05. The average molecular weight is 335 g/mol. The quantitative estimate of drug-likeness (QED) is 0.769. The highest BCUT2D eigenvalue weighted by Gasteiger charge is 2.49. The van der Waals surface area contributed by atoms with E-state index >= 15 is 0 Å². The van der Waals surface area contributed by atoms with Crippen molar-refractivity contribution in [1.82, 2.24) is 19.6 Å². The molecule has 0 N–H and O–H groups in total. The molecule has 4 rings (SSSR count). The van der Waals surface area contributed by atoms with E-state index in [1.807, 2.05) is 0 Å². The van der Waals surface area contributed by atoms with Gasteiger partial charge in [-0.25, -0.2) is 0 Å². The number of hydrogen-bond donors (Lipinski definition) is 0. The summed E-state index contributed by atoms with van der Waals surface area (Å²) in [5.74, 6) is 0. The Morgan fingerprint density at radius 3 is 1.79 bits per heavy atom. The third kappa shape index (κ3) is 2.94. The highest BCUT2D eigenvalue weighted by atomic mass is 15.5. The van der Waals surface area contributed by atoms with Gasteiger partial charge in [-0.2, -0.15) is 0 Å². The first-order valence-electron chi connectivity index (χ1n) is 10.1. The number of piperazine rings is 2. The first kappa shape index (κ1) is 17.3. The summed E-state index contributed by atoms with van der Waals surface area (Å²) in [7, 11) is 0. The zero-order chi connectivity index (χ0) is 17.3. The molecule has 4 atom stereocenters. The third-order valence-corrected chi connectivity index (χ3v) is 7.14. The van der Waals surface area contributed by atoms with Crippen LogP contribution in [-0.2, 0) is 0 Å². The summed E-state index contributed by atoms with van der Waals surface area (Å²) in [4.78, 5) is 11.2. The number of rotatable bonds is 2. The van der Waals surface area contributed by atoms with E-state index in [0.717, 1.165) is 24.2 Å². The lowest BCUT2D eigenvalue weighted by Crippen LogP contribution is -2.62. The highest BCUT2D eigenvalue weighted by Crippen LogP contribution is 2.38. The van der Waals surface area contributed by atoms with Gasteiger partial charge in [0.25, 0.3) is 0 Å². The van der Waals surface area contributed by atoms with Crippen LogP contribution in [0.3, 0.4) is 0 Å². The van der Waals surface area contributed by atoms with Crippen LogP contribution in [0.4, 0.5) is 0 Å². The second-order valence-corrected chi connectivity index (χ2v) is 10.8. The molecule has 0 amide bonds. The van der Waals surface area contributed by atoms with Gasteiger partial charge in [-0.3, -0.25) is 19.6 Å².